The van der Waals surface area contributed by atoms with Crippen LogP contribution in [-0.4, -0.2) is 61.3 Å². The molecule has 0 aromatic carbocycles. The van der Waals surface area contributed by atoms with Crippen LogP contribution in [0.15, 0.2) is 0 Å². The minimum Gasteiger partial charge on any atom is -0.390 e. The third-order valence-corrected chi connectivity index (χ3v) is 3.15. The van der Waals surface area contributed by atoms with Crippen LogP contribution in [0.1, 0.15) is 0 Å². The van der Waals surface area contributed by atoms with E-state index < -0.39 is 0 Å². The number of nitrogens with one attached hydrogen (secondary N) is 2. The number of amides is 1. The minimum absolute atomic E-state index is 0.113. The zero-order chi connectivity index (χ0) is 10.1. The number of likely N-dealkylation sites (tertiary alicyclic amines) is 1. The molecular weight excluding hydrogens is 182 g/mol. The van der Waals surface area contributed by atoms with Crippen LogP contribution in [0.2, 0.25) is 0 Å². The summed E-state index contributed by atoms with van der Waals surface area (Å²) in [6.07, 6.45) is -0.277. The highest BCUT2D eigenvalue weighted by Gasteiger charge is 2.40. The lowest BCUT2D eigenvalue weighted by atomic mass is 9.95. The molecule has 0 bridgehead atoms. The van der Waals surface area contributed by atoms with E-state index in [4.69, 9.17) is 0 Å². The Morgan fingerprint density at radius 1 is 1.50 bits per heavy atom. The second-order valence-corrected chi connectivity index (χ2v) is 4.06. The molecule has 2 aliphatic rings. The summed E-state index contributed by atoms with van der Waals surface area (Å²) in [6.45, 7) is 3.07. The molecule has 0 aromatic heterocycles. The molecule has 5 nitrogen and oxygen atoms in total. The number of carbonyl (C=O) groups excluding carboxylic acids is 1. The molecule has 2 unspecified atom stereocenters. The predicted octanol–water partition coefficient (Wildman–Crippen LogP) is -2.00. The molecule has 0 spiro atoms. The summed E-state index contributed by atoms with van der Waals surface area (Å²) in [4.78, 5) is 13.4. The molecule has 2 aliphatic heterocycles. The van der Waals surface area contributed by atoms with E-state index in [-0.39, 0.29) is 24.0 Å². The van der Waals surface area contributed by atoms with Crippen molar-refractivity contribution in [2.75, 3.05) is 33.2 Å². The number of hydrogen-bond acceptors (Lipinski definition) is 4. The Hall–Kier alpha value is -0.650. The number of nitrogens with zero attached hydrogens (tertiary/aromatic N) is 1. The molecule has 5 heteroatoms. The molecule has 0 saturated carbocycles. The average molecular weight is 199 g/mol. The maximum Gasteiger partial charge on any atom is 0.225 e. The smallest absolute Gasteiger partial charge is 0.225 e. The van der Waals surface area contributed by atoms with Crippen LogP contribution in [0.25, 0.3) is 0 Å². The highest BCUT2D eigenvalue weighted by Crippen LogP contribution is 2.21. The maximum absolute atomic E-state index is 11.2. The monoisotopic (exact) mass is 199 g/mol. The van der Waals surface area contributed by atoms with Gasteiger partial charge in [0.25, 0.3) is 0 Å². The van der Waals surface area contributed by atoms with Gasteiger partial charge in [-0.25, -0.2) is 0 Å². The van der Waals surface area contributed by atoms with Crippen molar-refractivity contribution in [3.63, 3.8) is 0 Å². The second-order valence-electron chi connectivity index (χ2n) is 4.06. The van der Waals surface area contributed by atoms with E-state index in [1.165, 1.54) is 0 Å². The van der Waals surface area contributed by atoms with E-state index in [0.29, 0.717) is 6.54 Å². The van der Waals surface area contributed by atoms with Crippen LogP contribution in [0.5, 0.6) is 0 Å². The third-order valence-electron chi connectivity index (χ3n) is 3.15. The summed E-state index contributed by atoms with van der Waals surface area (Å²) in [5, 5.41) is 15.4. The van der Waals surface area contributed by atoms with Gasteiger partial charge in [0.15, 0.2) is 0 Å². The highest BCUT2D eigenvalue weighted by atomic mass is 16.3. The molecule has 80 valence electrons. The first-order valence-corrected chi connectivity index (χ1v) is 5.07. The van der Waals surface area contributed by atoms with Crippen molar-refractivity contribution in [1.29, 1.82) is 0 Å². The van der Waals surface area contributed by atoms with Crippen LogP contribution in [0.4, 0.5) is 0 Å². The Kier molecular flexibility index (Phi) is 2.71. The molecule has 1 amide bonds. The lowest BCUT2D eigenvalue weighted by Gasteiger charge is -2.42. The molecule has 2 rings (SSSR count). The van der Waals surface area contributed by atoms with E-state index >= 15 is 0 Å². The van der Waals surface area contributed by atoms with Crippen LogP contribution < -0.4 is 10.6 Å². The van der Waals surface area contributed by atoms with E-state index in [1.54, 1.807) is 7.05 Å². The molecule has 14 heavy (non-hydrogen) atoms. The Bertz CT molecular complexity index is 228. The number of carbonyl (C=O) groups is 1. The lowest BCUT2D eigenvalue weighted by Crippen LogP contribution is -2.59. The van der Waals surface area contributed by atoms with Crippen molar-refractivity contribution in [1.82, 2.24) is 15.5 Å². The molecule has 2 atom stereocenters. The van der Waals surface area contributed by atoms with Crippen molar-refractivity contribution in [3.05, 3.63) is 0 Å². The summed E-state index contributed by atoms with van der Waals surface area (Å²) in [5.41, 5.74) is 0. The fraction of sp³-hybridized carbons (Fsp3) is 0.889. The topological polar surface area (TPSA) is 64.6 Å². The first-order chi connectivity index (χ1) is 6.72. The average Bonchev–Trinajstić information content (AvgIpc) is 2.49. The highest BCUT2D eigenvalue weighted by molar-refractivity contribution is 5.79. The number of rotatable bonds is 2. The quantitative estimate of drug-likeness (QED) is 0.481. The SMILES string of the molecule is CNC(=O)C1CN(C2CNCC2O)C1. The molecule has 0 aromatic rings. The second kappa shape index (κ2) is 3.84. The zero-order valence-electron chi connectivity index (χ0n) is 8.36. The molecule has 2 heterocycles. The van der Waals surface area contributed by atoms with Gasteiger partial charge >= 0.3 is 0 Å². The summed E-state index contributed by atoms with van der Waals surface area (Å²) >= 11 is 0. The Morgan fingerprint density at radius 3 is 2.71 bits per heavy atom. The van der Waals surface area contributed by atoms with E-state index in [1.807, 2.05) is 0 Å². The normalized spacial score (nSPS) is 34.1. The van der Waals surface area contributed by atoms with Gasteiger partial charge in [0.05, 0.1) is 12.0 Å². The van der Waals surface area contributed by atoms with Gasteiger partial charge in [-0.15, -0.1) is 0 Å². The largest absolute Gasteiger partial charge is 0.390 e. The van der Waals surface area contributed by atoms with Gasteiger partial charge in [-0.1, -0.05) is 0 Å². The van der Waals surface area contributed by atoms with Gasteiger partial charge in [-0.3, -0.25) is 9.69 Å². The maximum atomic E-state index is 11.2. The molecule has 2 fully saturated rings. The zero-order valence-corrected chi connectivity index (χ0v) is 8.36. The number of β-amino-alcohol motifs (C(OH)–C–C–N with tert-alkyl or cyclic N) is 1. The van der Waals surface area contributed by atoms with Crippen molar-refractivity contribution in [2.24, 2.45) is 5.92 Å². The summed E-state index contributed by atoms with van der Waals surface area (Å²) < 4.78 is 0. The number of aliphatic hydroxyl groups excluding tert-OH is 1. The van der Waals surface area contributed by atoms with Gasteiger partial charge in [-0.05, 0) is 0 Å². The number of aliphatic hydroxyl groups is 1. The van der Waals surface area contributed by atoms with E-state index in [0.717, 1.165) is 19.6 Å². The van der Waals surface area contributed by atoms with Crippen molar-refractivity contribution in [2.45, 2.75) is 12.1 Å². The van der Waals surface area contributed by atoms with Gasteiger partial charge in [0.2, 0.25) is 5.91 Å². The summed E-state index contributed by atoms with van der Waals surface area (Å²) in [5.74, 6) is 0.231. The molecule has 0 aliphatic carbocycles. The van der Waals surface area contributed by atoms with Crippen molar-refractivity contribution >= 4 is 5.91 Å². The standard InChI is InChI=1S/C9H17N3O2/c1-10-9(14)6-4-12(5-6)7-2-11-3-8(7)13/h6-8,11,13H,2-5H2,1H3,(H,10,14). The Morgan fingerprint density at radius 2 is 2.21 bits per heavy atom. The molecule has 2 saturated heterocycles. The first-order valence-electron chi connectivity index (χ1n) is 5.07. The molecule has 3 N–H and O–H groups in total. The summed E-state index contributed by atoms with van der Waals surface area (Å²) in [6, 6.07) is 0.205. The minimum atomic E-state index is -0.277. The molecular formula is C9H17N3O2. The van der Waals surface area contributed by atoms with Crippen molar-refractivity contribution < 1.29 is 9.90 Å². The fourth-order valence-electron chi connectivity index (χ4n) is 2.18. The van der Waals surface area contributed by atoms with Crippen LogP contribution in [0, 0.1) is 5.92 Å². The summed E-state index contributed by atoms with van der Waals surface area (Å²) in [7, 11) is 1.66. The van der Waals surface area contributed by atoms with Crippen LogP contribution in [0.3, 0.4) is 0 Å². The van der Waals surface area contributed by atoms with E-state index in [2.05, 4.69) is 15.5 Å². The Labute approximate surface area is 83.5 Å². The van der Waals surface area contributed by atoms with Gasteiger partial charge < -0.3 is 15.7 Å². The predicted molar refractivity (Wildman–Crippen MR) is 51.8 cm³/mol. The lowest BCUT2D eigenvalue weighted by molar-refractivity contribution is -0.131. The fourth-order valence-corrected chi connectivity index (χ4v) is 2.18. The van der Waals surface area contributed by atoms with E-state index in [9.17, 15) is 9.90 Å². The first kappa shape index (κ1) is 9.89. The third kappa shape index (κ3) is 1.63. The van der Waals surface area contributed by atoms with Gasteiger partial charge in [0, 0.05) is 39.3 Å². The number of hydrogen-bond donors (Lipinski definition) is 3. The van der Waals surface area contributed by atoms with Crippen molar-refractivity contribution in [3.8, 4) is 0 Å². The van der Waals surface area contributed by atoms with Crippen LogP contribution >= 0.6 is 0 Å². The van der Waals surface area contributed by atoms with Gasteiger partial charge in [0.1, 0.15) is 0 Å². The van der Waals surface area contributed by atoms with Gasteiger partial charge in [-0.2, -0.15) is 0 Å². The molecule has 0 radical (unpaired) electrons. The van der Waals surface area contributed by atoms with Crippen LogP contribution in [-0.2, 0) is 4.79 Å². The Balaban J connectivity index is 1.79.